The van der Waals surface area contributed by atoms with Gasteiger partial charge < -0.3 is 11.1 Å². The Balaban J connectivity index is 1.97. The highest BCUT2D eigenvalue weighted by Crippen LogP contribution is 2.05. The van der Waals surface area contributed by atoms with Crippen LogP contribution in [0.15, 0.2) is 24.4 Å². The van der Waals surface area contributed by atoms with Crippen molar-refractivity contribution >= 4 is 11.7 Å². The average molecular weight is 273 g/mol. The first-order valence-corrected chi connectivity index (χ1v) is 6.49. The minimum atomic E-state index is -0.161. The normalized spacial score (nSPS) is 12.2. The molecule has 2 aromatic heterocycles. The van der Waals surface area contributed by atoms with E-state index in [1.54, 1.807) is 12.1 Å². The summed E-state index contributed by atoms with van der Waals surface area (Å²) in [5, 5.41) is 7.30. The van der Waals surface area contributed by atoms with Crippen LogP contribution in [0.5, 0.6) is 0 Å². The van der Waals surface area contributed by atoms with Crippen molar-refractivity contribution in [1.82, 2.24) is 20.1 Å². The second-order valence-corrected chi connectivity index (χ2v) is 4.96. The molecule has 3 N–H and O–H groups in total. The number of amides is 1. The number of aromatic nitrogens is 3. The summed E-state index contributed by atoms with van der Waals surface area (Å²) < 4.78 is 1.89. The molecule has 1 amide bonds. The third-order valence-corrected chi connectivity index (χ3v) is 2.98. The van der Waals surface area contributed by atoms with Crippen molar-refractivity contribution in [3.05, 3.63) is 41.3 Å². The van der Waals surface area contributed by atoms with E-state index in [0.717, 1.165) is 11.4 Å². The standard InChI is InChI=1S/C14H19N5O/c1-9-6-11(3)19(18-9)8-10(2)17-14(20)12-4-5-13(15)16-7-12/h4-7,10H,8H2,1-3H3,(H2,15,16)(H,17,20)/t10-/m0/s1. The van der Waals surface area contributed by atoms with Gasteiger partial charge in [0.05, 0.1) is 17.8 Å². The highest BCUT2D eigenvalue weighted by Gasteiger charge is 2.12. The molecule has 0 saturated heterocycles. The molecule has 1 atom stereocenters. The zero-order chi connectivity index (χ0) is 14.7. The Morgan fingerprint density at radius 3 is 2.75 bits per heavy atom. The summed E-state index contributed by atoms with van der Waals surface area (Å²) in [4.78, 5) is 15.9. The van der Waals surface area contributed by atoms with Gasteiger partial charge in [0.1, 0.15) is 5.82 Å². The molecule has 0 aromatic carbocycles. The van der Waals surface area contributed by atoms with E-state index in [1.807, 2.05) is 31.5 Å². The molecule has 0 aliphatic heterocycles. The first-order valence-electron chi connectivity index (χ1n) is 6.49. The van der Waals surface area contributed by atoms with E-state index in [1.165, 1.54) is 6.20 Å². The lowest BCUT2D eigenvalue weighted by Crippen LogP contribution is -2.36. The molecule has 0 unspecified atom stereocenters. The van der Waals surface area contributed by atoms with Crippen LogP contribution in [-0.2, 0) is 6.54 Å². The summed E-state index contributed by atoms with van der Waals surface area (Å²) in [6, 6.07) is 5.25. The molecule has 0 radical (unpaired) electrons. The van der Waals surface area contributed by atoms with E-state index in [0.29, 0.717) is 17.9 Å². The van der Waals surface area contributed by atoms with Gasteiger partial charge in [0.2, 0.25) is 0 Å². The Morgan fingerprint density at radius 2 is 2.20 bits per heavy atom. The SMILES string of the molecule is Cc1cc(C)n(C[C@H](C)NC(=O)c2ccc(N)nc2)n1. The molecule has 20 heavy (non-hydrogen) atoms. The summed E-state index contributed by atoms with van der Waals surface area (Å²) in [6.45, 7) is 6.53. The van der Waals surface area contributed by atoms with Crippen molar-refractivity contribution in [2.75, 3.05) is 5.73 Å². The number of carbonyl (C=O) groups excluding carboxylic acids is 1. The minimum absolute atomic E-state index is 0.0296. The third-order valence-electron chi connectivity index (χ3n) is 2.98. The average Bonchev–Trinajstić information content (AvgIpc) is 2.68. The fourth-order valence-corrected chi connectivity index (χ4v) is 2.01. The summed E-state index contributed by atoms with van der Waals surface area (Å²) in [5.74, 6) is 0.240. The molecule has 2 aromatic rings. The number of carbonyl (C=O) groups is 1. The molecule has 0 aliphatic carbocycles. The van der Waals surface area contributed by atoms with Crippen molar-refractivity contribution in [2.24, 2.45) is 0 Å². The Bertz CT molecular complexity index is 603. The third kappa shape index (κ3) is 3.34. The predicted molar refractivity (Wildman–Crippen MR) is 77.3 cm³/mol. The predicted octanol–water partition coefficient (Wildman–Crippen LogP) is 1.30. The Morgan fingerprint density at radius 1 is 1.45 bits per heavy atom. The lowest BCUT2D eigenvalue weighted by molar-refractivity contribution is 0.0935. The Hall–Kier alpha value is -2.37. The second-order valence-electron chi connectivity index (χ2n) is 4.96. The van der Waals surface area contributed by atoms with Gasteiger partial charge in [0.15, 0.2) is 0 Å². The van der Waals surface area contributed by atoms with Crippen molar-refractivity contribution in [3.63, 3.8) is 0 Å². The quantitative estimate of drug-likeness (QED) is 0.879. The molecular weight excluding hydrogens is 254 g/mol. The largest absolute Gasteiger partial charge is 0.384 e. The van der Waals surface area contributed by atoms with Crippen LogP contribution in [0.4, 0.5) is 5.82 Å². The summed E-state index contributed by atoms with van der Waals surface area (Å²) >= 11 is 0. The van der Waals surface area contributed by atoms with Crippen LogP contribution >= 0.6 is 0 Å². The topological polar surface area (TPSA) is 85.8 Å². The lowest BCUT2D eigenvalue weighted by atomic mass is 10.2. The highest BCUT2D eigenvalue weighted by atomic mass is 16.1. The van der Waals surface area contributed by atoms with Crippen LogP contribution in [0.3, 0.4) is 0 Å². The van der Waals surface area contributed by atoms with Crippen LogP contribution in [0.1, 0.15) is 28.7 Å². The minimum Gasteiger partial charge on any atom is -0.384 e. The number of aryl methyl sites for hydroxylation is 2. The number of pyridine rings is 1. The molecule has 0 bridgehead atoms. The molecule has 0 saturated carbocycles. The van der Waals surface area contributed by atoms with Gasteiger partial charge in [-0.25, -0.2) is 4.98 Å². The number of nitrogens with one attached hydrogen (secondary N) is 1. The van der Waals surface area contributed by atoms with Gasteiger partial charge in [0, 0.05) is 17.9 Å². The number of hydrogen-bond acceptors (Lipinski definition) is 4. The number of anilines is 1. The van der Waals surface area contributed by atoms with Crippen molar-refractivity contribution in [3.8, 4) is 0 Å². The van der Waals surface area contributed by atoms with Crippen molar-refractivity contribution < 1.29 is 4.79 Å². The molecule has 0 spiro atoms. The summed E-state index contributed by atoms with van der Waals surface area (Å²) in [7, 11) is 0. The fraction of sp³-hybridized carbons (Fsp3) is 0.357. The Kier molecular flexibility index (Phi) is 4.02. The van der Waals surface area contributed by atoms with Crippen LogP contribution in [0, 0.1) is 13.8 Å². The Labute approximate surface area is 118 Å². The lowest BCUT2D eigenvalue weighted by Gasteiger charge is -2.15. The molecular formula is C14H19N5O. The van der Waals surface area contributed by atoms with E-state index < -0.39 is 0 Å². The maximum absolute atomic E-state index is 12.0. The zero-order valence-electron chi connectivity index (χ0n) is 11.9. The van der Waals surface area contributed by atoms with Crippen LogP contribution in [0.2, 0.25) is 0 Å². The van der Waals surface area contributed by atoms with Gasteiger partial charge in [-0.2, -0.15) is 5.10 Å². The molecule has 0 fully saturated rings. The molecule has 6 heteroatoms. The summed E-state index contributed by atoms with van der Waals surface area (Å²) in [5.41, 5.74) is 8.05. The maximum Gasteiger partial charge on any atom is 0.253 e. The van der Waals surface area contributed by atoms with Gasteiger partial charge >= 0.3 is 0 Å². The van der Waals surface area contributed by atoms with Gasteiger partial charge in [-0.15, -0.1) is 0 Å². The first-order chi connectivity index (χ1) is 9.45. The summed E-state index contributed by atoms with van der Waals surface area (Å²) in [6.07, 6.45) is 1.47. The van der Waals surface area contributed by atoms with Gasteiger partial charge in [0.25, 0.3) is 5.91 Å². The van der Waals surface area contributed by atoms with Crippen molar-refractivity contribution in [2.45, 2.75) is 33.4 Å². The monoisotopic (exact) mass is 273 g/mol. The molecule has 106 valence electrons. The maximum atomic E-state index is 12.0. The van der Waals surface area contributed by atoms with Gasteiger partial charge in [-0.05, 0) is 39.0 Å². The number of hydrogen-bond donors (Lipinski definition) is 2. The van der Waals surface area contributed by atoms with Crippen LogP contribution < -0.4 is 11.1 Å². The van der Waals surface area contributed by atoms with E-state index in [2.05, 4.69) is 15.4 Å². The molecule has 2 rings (SSSR count). The highest BCUT2D eigenvalue weighted by molar-refractivity contribution is 5.94. The molecule has 6 nitrogen and oxygen atoms in total. The molecule has 2 heterocycles. The first kappa shape index (κ1) is 14.0. The zero-order valence-corrected chi connectivity index (χ0v) is 11.9. The van der Waals surface area contributed by atoms with Crippen LogP contribution in [0.25, 0.3) is 0 Å². The molecule has 0 aliphatic rings. The smallest absolute Gasteiger partial charge is 0.253 e. The number of nitrogens with zero attached hydrogens (tertiary/aromatic N) is 3. The van der Waals surface area contributed by atoms with E-state index >= 15 is 0 Å². The van der Waals surface area contributed by atoms with Gasteiger partial charge in [-0.3, -0.25) is 9.48 Å². The van der Waals surface area contributed by atoms with E-state index in [-0.39, 0.29) is 11.9 Å². The number of nitrogen functional groups attached to an aromatic ring is 1. The fourth-order valence-electron chi connectivity index (χ4n) is 2.01. The van der Waals surface area contributed by atoms with Crippen LogP contribution in [-0.4, -0.2) is 26.7 Å². The van der Waals surface area contributed by atoms with Gasteiger partial charge in [-0.1, -0.05) is 0 Å². The number of nitrogens with two attached hydrogens (primary N) is 1. The van der Waals surface area contributed by atoms with E-state index in [4.69, 9.17) is 5.73 Å². The van der Waals surface area contributed by atoms with E-state index in [9.17, 15) is 4.79 Å². The van der Waals surface area contributed by atoms with Crippen molar-refractivity contribution in [1.29, 1.82) is 0 Å². The second kappa shape index (κ2) is 5.73. The number of rotatable bonds is 4.